The third kappa shape index (κ3) is 1.99. The molecule has 1 aromatic rings. The van der Waals surface area contributed by atoms with Crippen LogP contribution in [0, 0.1) is 0 Å². The highest BCUT2D eigenvalue weighted by Gasteiger charge is 2.01. The lowest BCUT2D eigenvalue weighted by molar-refractivity contribution is 0.531. The fourth-order valence-corrected chi connectivity index (χ4v) is 1.47. The molecule has 1 rings (SSSR count). The molecule has 0 atom stereocenters. The quantitative estimate of drug-likeness (QED) is 0.676. The Bertz CT molecular complexity index is 205. The monoisotopic (exact) mass is 172 g/mol. The second-order valence-corrected chi connectivity index (χ2v) is 5.47. The lowest BCUT2D eigenvalue weighted by Crippen LogP contribution is -1.99. The smallest absolute Gasteiger partial charge is 0.0608 e. The van der Waals surface area contributed by atoms with Crippen molar-refractivity contribution in [1.29, 1.82) is 0 Å². The topological polar surface area (TPSA) is 17.8 Å². The number of aromatic nitrogens is 2. The molecule has 0 N–H and O–H groups in total. The molecule has 0 saturated heterocycles. The summed E-state index contributed by atoms with van der Waals surface area (Å²) in [6, 6.07) is 0.485. The van der Waals surface area contributed by atoms with Crippen LogP contribution < -0.4 is 0 Å². The summed E-state index contributed by atoms with van der Waals surface area (Å²) < 4.78 is 2.01. The fourth-order valence-electron chi connectivity index (χ4n) is 0.841. The van der Waals surface area contributed by atoms with Gasteiger partial charge in [-0.3, -0.25) is 4.68 Å². The Morgan fingerprint density at radius 3 is 2.36 bits per heavy atom. The molecule has 1 aromatic heterocycles. The van der Waals surface area contributed by atoms with Gasteiger partial charge in [0.2, 0.25) is 0 Å². The molecule has 64 valence electrons. The van der Waals surface area contributed by atoms with E-state index in [2.05, 4.69) is 37.7 Å². The number of hydrogen-bond donors (Lipinski definition) is 1. The van der Waals surface area contributed by atoms with Crippen LogP contribution >= 0.6 is 10.9 Å². The van der Waals surface area contributed by atoms with Crippen LogP contribution in [0.4, 0.5) is 0 Å². The van der Waals surface area contributed by atoms with Crippen LogP contribution in [0.5, 0.6) is 0 Å². The number of thiol groups is 1. The minimum atomic E-state index is 0.0172. The molecule has 0 aliphatic rings. The second-order valence-electron chi connectivity index (χ2n) is 3.17. The van der Waals surface area contributed by atoms with Crippen molar-refractivity contribution < 1.29 is 0 Å². The summed E-state index contributed by atoms with van der Waals surface area (Å²) >= 11 is 0. The molecule has 11 heavy (non-hydrogen) atoms. The minimum Gasteiger partial charge on any atom is -0.269 e. The summed E-state index contributed by atoms with van der Waals surface area (Å²) in [6.45, 7) is 4.29. The average Bonchev–Trinajstić information content (AvgIpc) is 2.33. The van der Waals surface area contributed by atoms with E-state index in [1.54, 1.807) is 0 Å². The van der Waals surface area contributed by atoms with Crippen LogP contribution in [0.25, 0.3) is 0 Å². The van der Waals surface area contributed by atoms with Gasteiger partial charge in [0.25, 0.3) is 0 Å². The normalized spacial score (nSPS) is 12.3. The summed E-state index contributed by atoms with van der Waals surface area (Å²) in [7, 11) is 0.0172. The molecule has 0 radical (unpaired) electrons. The molecule has 0 fully saturated rings. The number of hydrogen-bond acceptors (Lipinski definition) is 1. The summed E-state index contributed by atoms with van der Waals surface area (Å²) in [4.78, 5) is 1.38. The van der Waals surface area contributed by atoms with Crippen LogP contribution in [0.3, 0.4) is 0 Å². The van der Waals surface area contributed by atoms with Gasteiger partial charge in [0.05, 0.1) is 6.20 Å². The van der Waals surface area contributed by atoms with E-state index in [1.807, 2.05) is 10.9 Å². The first-order valence-electron chi connectivity index (χ1n) is 3.82. The lowest BCUT2D eigenvalue weighted by Gasteiger charge is -2.05. The molecular weight excluding hydrogens is 156 g/mol. The predicted octanol–water partition coefficient (Wildman–Crippen LogP) is 2.08. The van der Waals surface area contributed by atoms with Crippen LogP contribution in [-0.4, -0.2) is 22.3 Å². The molecular formula is C8H16N2S. The van der Waals surface area contributed by atoms with Crippen molar-refractivity contribution in [2.24, 2.45) is 0 Å². The molecule has 0 unspecified atom stereocenters. The Morgan fingerprint density at radius 2 is 2.09 bits per heavy atom. The van der Waals surface area contributed by atoms with Gasteiger partial charge in [0.15, 0.2) is 0 Å². The first kappa shape index (κ1) is 8.65. The Labute approximate surface area is 71.0 Å². The van der Waals surface area contributed by atoms with Gasteiger partial charge in [-0.15, -0.1) is 0 Å². The zero-order valence-electron chi connectivity index (χ0n) is 7.57. The van der Waals surface area contributed by atoms with Crippen molar-refractivity contribution >= 4 is 10.9 Å². The number of rotatable bonds is 2. The highest BCUT2D eigenvalue weighted by atomic mass is 32.2. The summed E-state index contributed by atoms with van der Waals surface area (Å²) in [5.74, 6) is 0. The first-order chi connectivity index (χ1) is 5.11. The Morgan fingerprint density at radius 1 is 1.45 bits per heavy atom. The van der Waals surface area contributed by atoms with Crippen molar-refractivity contribution in [1.82, 2.24) is 9.78 Å². The van der Waals surface area contributed by atoms with Crippen LogP contribution in [-0.2, 0) is 0 Å². The Hall–Kier alpha value is -0.440. The van der Waals surface area contributed by atoms with E-state index in [1.165, 1.54) is 4.90 Å². The average molecular weight is 172 g/mol. The lowest BCUT2D eigenvalue weighted by atomic mass is 10.4. The molecule has 0 aromatic carbocycles. The van der Waals surface area contributed by atoms with Gasteiger partial charge in [-0.2, -0.15) is 5.10 Å². The maximum Gasteiger partial charge on any atom is 0.0608 e. The van der Waals surface area contributed by atoms with Gasteiger partial charge in [-0.05, 0) is 26.4 Å². The van der Waals surface area contributed by atoms with E-state index in [-0.39, 0.29) is 10.9 Å². The zero-order valence-corrected chi connectivity index (χ0v) is 8.47. The van der Waals surface area contributed by atoms with Gasteiger partial charge in [-0.25, -0.2) is 10.9 Å². The van der Waals surface area contributed by atoms with Gasteiger partial charge >= 0.3 is 0 Å². The van der Waals surface area contributed by atoms with Gasteiger partial charge in [-0.1, -0.05) is 0 Å². The molecule has 0 amide bonds. The maximum absolute atomic E-state index is 4.27. The van der Waals surface area contributed by atoms with Gasteiger partial charge in [0, 0.05) is 17.1 Å². The van der Waals surface area contributed by atoms with Crippen LogP contribution in [0.2, 0.25) is 0 Å². The highest BCUT2D eigenvalue weighted by Crippen LogP contribution is 2.27. The molecule has 3 heteroatoms. The summed E-state index contributed by atoms with van der Waals surface area (Å²) in [5, 5.41) is 4.27. The van der Waals surface area contributed by atoms with E-state index in [9.17, 15) is 0 Å². The molecule has 1 heterocycles. The van der Waals surface area contributed by atoms with Crippen molar-refractivity contribution in [3.05, 3.63) is 12.4 Å². The van der Waals surface area contributed by atoms with E-state index >= 15 is 0 Å². The van der Waals surface area contributed by atoms with Crippen molar-refractivity contribution in [2.45, 2.75) is 24.8 Å². The summed E-state index contributed by atoms with van der Waals surface area (Å²) in [6.07, 6.45) is 8.62. The Kier molecular flexibility index (Phi) is 2.60. The number of nitrogens with zero attached hydrogens (tertiary/aromatic N) is 2. The SMILES string of the molecule is CC(C)n1cc([SH](C)C)cn1. The Balaban J connectivity index is 2.82. The molecule has 2 nitrogen and oxygen atoms in total. The maximum atomic E-state index is 4.27. The molecule has 0 bridgehead atoms. The van der Waals surface area contributed by atoms with Crippen LogP contribution in [0.1, 0.15) is 19.9 Å². The van der Waals surface area contributed by atoms with E-state index < -0.39 is 0 Å². The van der Waals surface area contributed by atoms with Crippen molar-refractivity contribution in [2.75, 3.05) is 12.5 Å². The summed E-state index contributed by atoms with van der Waals surface area (Å²) in [5.41, 5.74) is 0. The minimum absolute atomic E-state index is 0.0172. The largest absolute Gasteiger partial charge is 0.269 e. The molecule has 0 aliphatic heterocycles. The van der Waals surface area contributed by atoms with Crippen LogP contribution in [0.15, 0.2) is 17.3 Å². The highest BCUT2D eigenvalue weighted by molar-refractivity contribution is 8.15. The molecule has 0 saturated carbocycles. The van der Waals surface area contributed by atoms with Gasteiger partial charge in [0.1, 0.15) is 0 Å². The molecule has 0 aliphatic carbocycles. The predicted molar refractivity (Wildman–Crippen MR) is 51.7 cm³/mol. The van der Waals surface area contributed by atoms with Crippen molar-refractivity contribution in [3.63, 3.8) is 0 Å². The third-order valence-corrected chi connectivity index (χ3v) is 2.90. The fraction of sp³-hybridized carbons (Fsp3) is 0.625. The zero-order chi connectivity index (χ0) is 8.43. The van der Waals surface area contributed by atoms with E-state index in [0.717, 1.165) is 0 Å². The molecule has 0 spiro atoms. The second kappa shape index (κ2) is 3.30. The van der Waals surface area contributed by atoms with E-state index in [0.29, 0.717) is 6.04 Å². The van der Waals surface area contributed by atoms with E-state index in [4.69, 9.17) is 0 Å². The van der Waals surface area contributed by atoms with Gasteiger partial charge < -0.3 is 0 Å². The standard InChI is InChI=1S/C8H16N2S/c1-7(2)10-6-8(5-9-10)11(3)4/h5-7,11H,1-4H3. The van der Waals surface area contributed by atoms with Crippen molar-refractivity contribution in [3.8, 4) is 0 Å². The first-order valence-corrected chi connectivity index (χ1v) is 6.06. The third-order valence-electron chi connectivity index (χ3n) is 1.63.